The number of nitrogen functional groups attached to an aromatic ring is 1. The normalized spacial score (nSPS) is 11.6. The van der Waals surface area contributed by atoms with Gasteiger partial charge in [-0.3, -0.25) is 0 Å². The fourth-order valence-corrected chi connectivity index (χ4v) is 7.18. The number of benzene rings is 7. The fraction of sp³-hybridized carbons (Fsp3) is 0. The van der Waals surface area contributed by atoms with Gasteiger partial charge in [-0.2, -0.15) is 0 Å². The second kappa shape index (κ2) is 10.0. The maximum Gasteiger partial charge on any atom is 0.0620 e. The van der Waals surface area contributed by atoms with Crippen LogP contribution < -0.4 is 5.73 Å². The third kappa shape index (κ3) is 3.84. The van der Waals surface area contributed by atoms with Gasteiger partial charge >= 0.3 is 0 Å². The largest absolute Gasteiger partial charge is 0.399 e. The van der Waals surface area contributed by atoms with E-state index >= 15 is 0 Å². The first-order valence-electron chi connectivity index (χ1n) is 15.3. The molecule has 0 spiro atoms. The lowest BCUT2D eigenvalue weighted by Gasteiger charge is -2.20. The number of para-hydroxylation sites is 3. The van der Waals surface area contributed by atoms with Crippen molar-refractivity contribution in [1.29, 1.82) is 0 Å². The van der Waals surface area contributed by atoms with Gasteiger partial charge in [-0.1, -0.05) is 121 Å². The molecule has 212 valence electrons. The van der Waals surface area contributed by atoms with E-state index in [9.17, 15) is 0 Å². The topological polar surface area (TPSA) is 35.9 Å². The zero-order chi connectivity index (χ0) is 29.9. The Labute approximate surface area is 261 Å². The lowest BCUT2D eigenvalue weighted by molar-refractivity contribution is 1.17. The Hall–Kier alpha value is -6.06. The Balaban J connectivity index is 1.47. The Morgan fingerprint density at radius 2 is 0.822 bits per heavy atom. The second-order valence-electron chi connectivity index (χ2n) is 11.6. The zero-order valence-electron chi connectivity index (χ0n) is 24.6. The molecule has 0 saturated heterocycles. The van der Waals surface area contributed by atoms with Gasteiger partial charge in [0.05, 0.1) is 33.4 Å². The van der Waals surface area contributed by atoms with E-state index in [1.54, 1.807) is 0 Å². The van der Waals surface area contributed by atoms with Crippen molar-refractivity contribution in [2.45, 2.75) is 0 Å². The molecule has 9 rings (SSSR count). The molecule has 0 bridgehead atoms. The monoisotopic (exact) mass is 575 g/mol. The van der Waals surface area contributed by atoms with Crippen molar-refractivity contribution in [2.24, 2.45) is 0 Å². The number of nitrogens with zero attached hydrogens (tertiary/aromatic N) is 2. The Bertz CT molecular complexity index is 2420. The summed E-state index contributed by atoms with van der Waals surface area (Å²) in [6.07, 6.45) is 0. The van der Waals surface area contributed by atoms with Gasteiger partial charge in [-0.15, -0.1) is 0 Å². The molecule has 0 aliphatic heterocycles. The Morgan fingerprint density at radius 3 is 1.38 bits per heavy atom. The van der Waals surface area contributed by atoms with Gasteiger partial charge in [-0.25, -0.2) is 0 Å². The summed E-state index contributed by atoms with van der Waals surface area (Å²) < 4.78 is 4.88. The van der Waals surface area contributed by atoms with Gasteiger partial charge in [0.1, 0.15) is 0 Å². The first kappa shape index (κ1) is 25.4. The summed E-state index contributed by atoms with van der Waals surface area (Å²) in [6.45, 7) is 0. The quantitative estimate of drug-likeness (QED) is 0.208. The van der Waals surface area contributed by atoms with Crippen LogP contribution in [0.2, 0.25) is 0 Å². The smallest absolute Gasteiger partial charge is 0.0620 e. The second-order valence-corrected chi connectivity index (χ2v) is 11.6. The van der Waals surface area contributed by atoms with Crippen LogP contribution in [0.25, 0.3) is 77.2 Å². The summed E-state index contributed by atoms with van der Waals surface area (Å²) in [7, 11) is 0. The van der Waals surface area contributed by atoms with E-state index in [4.69, 9.17) is 5.73 Å². The van der Waals surface area contributed by atoms with E-state index in [1.165, 1.54) is 32.6 Å². The van der Waals surface area contributed by atoms with E-state index in [0.717, 1.165) is 50.3 Å². The van der Waals surface area contributed by atoms with Crippen LogP contribution in [-0.2, 0) is 0 Å². The van der Waals surface area contributed by atoms with Crippen molar-refractivity contribution >= 4 is 49.3 Å². The number of hydrogen-bond acceptors (Lipinski definition) is 1. The number of aromatic nitrogens is 2. The highest BCUT2D eigenvalue weighted by atomic mass is 15.0. The van der Waals surface area contributed by atoms with Crippen molar-refractivity contribution in [3.05, 3.63) is 164 Å². The van der Waals surface area contributed by atoms with E-state index in [2.05, 4.69) is 173 Å². The minimum atomic E-state index is 0.739. The average Bonchev–Trinajstić information content (AvgIpc) is 3.62. The van der Waals surface area contributed by atoms with Crippen LogP contribution >= 0.6 is 0 Å². The SMILES string of the molecule is Nc1cc(-c2ccccc2)c(-n2c3ccccc3c3c(-n4c5ccccc5c5ccccc54)cccc32)c(-c2ccccc2)c1. The van der Waals surface area contributed by atoms with Gasteiger partial charge in [-0.05, 0) is 53.6 Å². The molecular weight excluding hydrogens is 546 g/mol. The molecule has 0 saturated carbocycles. The molecule has 7 aromatic carbocycles. The molecule has 3 heteroatoms. The summed E-state index contributed by atoms with van der Waals surface area (Å²) >= 11 is 0. The minimum absolute atomic E-state index is 0.739. The fourth-order valence-electron chi connectivity index (χ4n) is 7.18. The van der Waals surface area contributed by atoms with E-state index < -0.39 is 0 Å². The molecule has 0 unspecified atom stereocenters. The molecule has 0 amide bonds. The Morgan fingerprint density at radius 1 is 0.378 bits per heavy atom. The molecule has 3 nitrogen and oxygen atoms in total. The molecule has 2 heterocycles. The first-order chi connectivity index (χ1) is 22.3. The third-order valence-corrected chi connectivity index (χ3v) is 9.02. The molecule has 0 atom stereocenters. The molecule has 2 N–H and O–H groups in total. The third-order valence-electron chi connectivity index (χ3n) is 9.02. The number of fused-ring (bicyclic) bond motifs is 6. The lowest BCUT2D eigenvalue weighted by atomic mass is 9.94. The summed E-state index contributed by atoms with van der Waals surface area (Å²) in [4.78, 5) is 0. The van der Waals surface area contributed by atoms with Gasteiger partial charge < -0.3 is 14.9 Å². The highest BCUT2D eigenvalue weighted by Crippen LogP contribution is 2.44. The molecule has 45 heavy (non-hydrogen) atoms. The molecule has 0 radical (unpaired) electrons. The minimum Gasteiger partial charge on any atom is -0.399 e. The molecule has 0 aliphatic rings. The van der Waals surface area contributed by atoms with Gasteiger partial charge in [0.25, 0.3) is 0 Å². The van der Waals surface area contributed by atoms with Crippen molar-refractivity contribution in [3.63, 3.8) is 0 Å². The predicted octanol–water partition coefficient (Wildman–Crippen LogP) is 10.8. The van der Waals surface area contributed by atoms with Gasteiger partial charge in [0.15, 0.2) is 0 Å². The van der Waals surface area contributed by atoms with Crippen LogP contribution in [0.1, 0.15) is 0 Å². The van der Waals surface area contributed by atoms with E-state index in [-0.39, 0.29) is 0 Å². The van der Waals surface area contributed by atoms with Crippen LogP contribution in [0.5, 0.6) is 0 Å². The van der Waals surface area contributed by atoms with E-state index in [1.807, 2.05) is 0 Å². The van der Waals surface area contributed by atoms with Crippen molar-refractivity contribution in [3.8, 4) is 33.6 Å². The van der Waals surface area contributed by atoms with Crippen molar-refractivity contribution < 1.29 is 0 Å². The molecule has 9 aromatic rings. The summed E-state index contributed by atoms with van der Waals surface area (Å²) in [5.41, 5.74) is 18.8. The summed E-state index contributed by atoms with van der Waals surface area (Å²) in [5.74, 6) is 0. The summed E-state index contributed by atoms with van der Waals surface area (Å²) in [6, 6.07) is 58.4. The van der Waals surface area contributed by atoms with Crippen molar-refractivity contribution in [2.75, 3.05) is 5.73 Å². The highest BCUT2D eigenvalue weighted by Gasteiger charge is 2.23. The lowest BCUT2D eigenvalue weighted by Crippen LogP contribution is -2.02. The van der Waals surface area contributed by atoms with Crippen LogP contribution in [0, 0.1) is 0 Å². The molecular formula is C42H29N3. The van der Waals surface area contributed by atoms with Crippen LogP contribution in [0.4, 0.5) is 5.69 Å². The number of anilines is 1. The summed E-state index contributed by atoms with van der Waals surface area (Å²) in [5, 5.41) is 4.93. The number of rotatable bonds is 4. The standard InChI is InChI=1S/C42H29N3/c43-30-26-34(28-14-3-1-4-15-28)42(35(27-30)29-16-5-2-6-17-29)45-38-23-12-9-20-33(38)41-39(24-13-25-40(41)45)44-36-21-10-7-18-31(36)32-19-8-11-22-37(32)44/h1-27H,43H2. The molecule has 0 aliphatic carbocycles. The van der Waals surface area contributed by atoms with Gasteiger partial charge in [0.2, 0.25) is 0 Å². The zero-order valence-corrected chi connectivity index (χ0v) is 24.6. The Kier molecular flexibility index (Phi) is 5.66. The van der Waals surface area contributed by atoms with Crippen LogP contribution in [0.3, 0.4) is 0 Å². The number of nitrogens with two attached hydrogens (primary N) is 1. The van der Waals surface area contributed by atoms with Gasteiger partial charge in [0, 0.05) is 38.4 Å². The average molecular weight is 576 g/mol. The predicted molar refractivity (Wildman–Crippen MR) is 190 cm³/mol. The first-order valence-corrected chi connectivity index (χ1v) is 15.3. The maximum absolute atomic E-state index is 6.66. The molecule has 2 aromatic heterocycles. The maximum atomic E-state index is 6.66. The van der Waals surface area contributed by atoms with Crippen LogP contribution in [0.15, 0.2) is 164 Å². The van der Waals surface area contributed by atoms with Crippen molar-refractivity contribution in [1.82, 2.24) is 9.13 Å². The molecule has 0 fully saturated rings. The van der Waals surface area contributed by atoms with E-state index in [0.29, 0.717) is 0 Å². The number of hydrogen-bond donors (Lipinski definition) is 1. The highest BCUT2D eigenvalue weighted by molar-refractivity contribution is 6.17. The van der Waals surface area contributed by atoms with Crippen LogP contribution in [-0.4, -0.2) is 9.13 Å².